The second-order valence-corrected chi connectivity index (χ2v) is 7.97. The van der Waals surface area contributed by atoms with E-state index in [2.05, 4.69) is 0 Å². The lowest BCUT2D eigenvalue weighted by Crippen LogP contribution is -2.30. The van der Waals surface area contributed by atoms with Gasteiger partial charge in [-0.1, -0.05) is 30.3 Å². The van der Waals surface area contributed by atoms with Crippen LogP contribution in [-0.2, 0) is 9.59 Å². The van der Waals surface area contributed by atoms with Gasteiger partial charge in [0.05, 0.1) is 25.8 Å². The van der Waals surface area contributed by atoms with Crippen LogP contribution in [0.3, 0.4) is 0 Å². The molecule has 0 aromatic heterocycles. The molecule has 2 aliphatic rings. The Morgan fingerprint density at radius 1 is 0.914 bits per heavy atom. The molecule has 0 radical (unpaired) electrons. The number of hydrogen-bond donors (Lipinski definition) is 1. The first-order valence-electron chi connectivity index (χ1n) is 11.0. The Bertz CT molecular complexity index is 1350. The number of nitrogens with zero attached hydrogens (tertiary/aromatic N) is 1. The Kier molecular flexibility index (Phi) is 5.78. The van der Waals surface area contributed by atoms with Crippen LogP contribution in [0.25, 0.3) is 5.76 Å². The number of benzene rings is 3. The van der Waals surface area contributed by atoms with E-state index in [-0.39, 0.29) is 11.3 Å². The van der Waals surface area contributed by atoms with Crippen molar-refractivity contribution in [3.8, 4) is 23.0 Å². The average Bonchev–Trinajstić information content (AvgIpc) is 3.17. The van der Waals surface area contributed by atoms with Gasteiger partial charge in [0.1, 0.15) is 30.5 Å². The number of aliphatic hydroxyl groups is 1. The number of rotatable bonds is 5. The number of ether oxygens (including phenoxy) is 4. The highest BCUT2D eigenvalue weighted by Gasteiger charge is 2.48. The number of fused-ring (bicyclic) bond motifs is 1. The van der Waals surface area contributed by atoms with E-state index in [0.717, 1.165) is 0 Å². The first-order chi connectivity index (χ1) is 17.0. The molecule has 1 amide bonds. The number of ketones is 1. The van der Waals surface area contributed by atoms with Crippen LogP contribution in [0.4, 0.5) is 5.69 Å². The van der Waals surface area contributed by atoms with Crippen molar-refractivity contribution in [2.75, 3.05) is 32.3 Å². The van der Waals surface area contributed by atoms with Crippen molar-refractivity contribution in [3.05, 3.63) is 83.4 Å². The average molecular weight is 473 g/mol. The van der Waals surface area contributed by atoms with Gasteiger partial charge in [0.15, 0.2) is 11.5 Å². The molecule has 35 heavy (non-hydrogen) atoms. The zero-order chi connectivity index (χ0) is 24.5. The number of carbonyl (C=O) groups is 2. The largest absolute Gasteiger partial charge is 0.507 e. The van der Waals surface area contributed by atoms with E-state index >= 15 is 0 Å². The molecule has 3 aromatic carbocycles. The van der Waals surface area contributed by atoms with E-state index < -0.39 is 17.7 Å². The van der Waals surface area contributed by atoms with E-state index in [1.54, 1.807) is 66.7 Å². The molecule has 5 rings (SSSR count). The minimum absolute atomic E-state index is 0.0531. The number of carbonyl (C=O) groups excluding carboxylic acids is 2. The topological polar surface area (TPSA) is 94.5 Å². The molecule has 1 unspecified atom stereocenters. The second-order valence-electron chi connectivity index (χ2n) is 7.97. The molecule has 2 aliphatic heterocycles. The van der Waals surface area contributed by atoms with Gasteiger partial charge >= 0.3 is 0 Å². The van der Waals surface area contributed by atoms with Crippen LogP contribution in [0.15, 0.2) is 72.3 Å². The van der Waals surface area contributed by atoms with Gasteiger partial charge in [-0.15, -0.1) is 0 Å². The van der Waals surface area contributed by atoms with Gasteiger partial charge in [-0.05, 0) is 30.3 Å². The van der Waals surface area contributed by atoms with Crippen LogP contribution in [0, 0.1) is 0 Å². The Morgan fingerprint density at radius 2 is 1.69 bits per heavy atom. The van der Waals surface area contributed by atoms with E-state index in [1.807, 2.05) is 0 Å². The molecule has 1 fully saturated rings. The maximum atomic E-state index is 13.4. The van der Waals surface area contributed by atoms with Crippen LogP contribution in [-0.4, -0.2) is 44.2 Å². The Morgan fingerprint density at radius 3 is 2.46 bits per heavy atom. The molecular formula is C27H23NO7. The third kappa shape index (κ3) is 3.82. The number of para-hydroxylation sites is 1. The lowest BCUT2D eigenvalue weighted by molar-refractivity contribution is -0.132. The third-order valence-electron chi connectivity index (χ3n) is 6.03. The van der Waals surface area contributed by atoms with Crippen LogP contribution < -0.4 is 23.8 Å². The summed E-state index contributed by atoms with van der Waals surface area (Å²) in [7, 11) is 3.02. The molecule has 1 N–H and O–H groups in total. The predicted octanol–water partition coefficient (Wildman–Crippen LogP) is 4.10. The first-order valence-corrected chi connectivity index (χ1v) is 11.0. The van der Waals surface area contributed by atoms with Crippen LogP contribution in [0.5, 0.6) is 23.0 Å². The van der Waals surface area contributed by atoms with Crippen LogP contribution in [0.2, 0.25) is 0 Å². The highest BCUT2D eigenvalue weighted by atomic mass is 16.6. The molecule has 0 bridgehead atoms. The predicted molar refractivity (Wildman–Crippen MR) is 128 cm³/mol. The van der Waals surface area contributed by atoms with Crippen molar-refractivity contribution in [2.24, 2.45) is 0 Å². The third-order valence-corrected chi connectivity index (χ3v) is 6.03. The summed E-state index contributed by atoms with van der Waals surface area (Å²) in [6, 6.07) is 17.9. The Hall–Kier alpha value is -4.46. The SMILES string of the molecule is COc1cccc(/C(O)=C2\C(=O)C(=O)N(c3ccc4c(c3)OCCO4)C2c2ccccc2OC)c1. The lowest BCUT2D eigenvalue weighted by atomic mass is 9.94. The maximum Gasteiger partial charge on any atom is 0.300 e. The highest BCUT2D eigenvalue weighted by Crippen LogP contribution is 2.46. The number of Topliss-reactive ketones (excluding diaryl/α,β-unsaturated/α-hetero) is 1. The van der Waals surface area contributed by atoms with Crippen molar-refractivity contribution in [1.82, 2.24) is 0 Å². The van der Waals surface area contributed by atoms with Gasteiger partial charge in [0, 0.05) is 22.9 Å². The standard InChI is InChI=1S/C27H23NO7/c1-32-18-7-5-6-16(14-18)25(29)23-24(19-8-3-4-9-20(19)33-2)28(27(31)26(23)30)17-10-11-21-22(15-17)35-13-12-34-21/h3-11,14-15,24,29H,12-13H2,1-2H3/b25-23+. The monoisotopic (exact) mass is 473 g/mol. The molecular weight excluding hydrogens is 450 g/mol. The van der Waals surface area contributed by atoms with Crippen molar-refractivity contribution >= 4 is 23.1 Å². The normalized spacial score (nSPS) is 18.5. The molecule has 8 heteroatoms. The summed E-state index contributed by atoms with van der Waals surface area (Å²) in [6.45, 7) is 0.805. The summed E-state index contributed by atoms with van der Waals surface area (Å²) in [5.74, 6) is 0.114. The fourth-order valence-corrected chi connectivity index (χ4v) is 4.39. The molecule has 0 saturated carbocycles. The summed E-state index contributed by atoms with van der Waals surface area (Å²) >= 11 is 0. The summed E-state index contributed by atoms with van der Waals surface area (Å²) in [5.41, 5.74) is 1.28. The quantitative estimate of drug-likeness (QED) is 0.339. The van der Waals surface area contributed by atoms with Crippen molar-refractivity contribution < 1.29 is 33.6 Å². The fourth-order valence-electron chi connectivity index (χ4n) is 4.39. The van der Waals surface area contributed by atoms with E-state index in [4.69, 9.17) is 18.9 Å². The maximum absolute atomic E-state index is 13.4. The number of amides is 1. The summed E-state index contributed by atoms with van der Waals surface area (Å²) in [6.07, 6.45) is 0. The number of aliphatic hydroxyl groups excluding tert-OH is 1. The molecule has 2 heterocycles. The van der Waals surface area contributed by atoms with Gasteiger partial charge in [-0.25, -0.2) is 0 Å². The Balaban J connectivity index is 1.73. The molecule has 3 aromatic rings. The van der Waals surface area contributed by atoms with Crippen molar-refractivity contribution in [3.63, 3.8) is 0 Å². The van der Waals surface area contributed by atoms with Gasteiger partial charge in [0.2, 0.25) is 0 Å². The summed E-state index contributed by atoms with van der Waals surface area (Å²) in [4.78, 5) is 28.2. The second kappa shape index (κ2) is 9.06. The van der Waals surface area contributed by atoms with Crippen molar-refractivity contribution in [1.29, 1.82) is 0 Å². The molecule has 178 valence electrons. The number of hydrogen-bond acceptors (Lipinski definition) is 7. The molecule has 1 saturated heterocycles. The van der Waals surface area contributed by atoms with E-state index in [0.29, 0.717) is 53.0 Å². The Labute approximate surface area is 201 Å². The van der Waals surface area contributed by atoms with Gasteiger partial charge in [-0.3, -0.25) is 14.5 Å². The highest BCUT2D eigenvalue weighted by molar-refractivity contribution is 6.51. The van der Waals surface area contributed by atoms with Gasteiger partial charge < -0.3 is 24.1 Å². The molecule has 8 nitrogen and oxygen atoms in total. The number of methoxy groups -OCH3 is 2. The van der Waals surface area contributed by atoms with E-state index in [9.17, 15) is 14.7 Å². The van der Waals surface area contributed by atoms with Crippen LogP contribution in [0.1, 0.15) is 17.2 Å². The summed E-state index contributed by atoms with van der Waals surface area (Å²) < 4.78 is 22.1. The summed E-state index contributed by atoms with van der Waals surface area (Å²) in [5, 5.41) is 11.3. The zero-order valence-electron chi connectivity index (χ0n) is 19.2. The van der Waals surface area contributed by atoms with Crippen LogP contribution >= 0.6 is 0 Å². The smallest absolute Gasteiger partial charge is 0.300 e. The van der Waals surface area contributed by atoms with Crippen molar-refractivity contribution in [2.45, 2.75) is 6.04 Å². The molecule has 0 spiro atoms. The minimum Gasteiger partial charge on any atom is -0.507 e. The zero-order valence-corrected chi connectivity index (χ0v) is 19.2. The first kappa shape index (κ1) is 22.3. The molecule has 1 atom stereocenters. The lowest BCUT2D eigenvalue weighted by Gasteiger charge is -2.28. The van der Waals surface area contributed by atoms with Gasteiger partial charge in [-0.2, -0.15) is 0 Å². The fraction of sp³-hybridized carbons (Fsp3) is 0.185. The van der Waals surface area contributed by atoms with Gasteiger partial charge in [0.25, 0.3) is 11.7 Å². The number of anilines is 1. The minimum atomic E-state index is -0.945. The molecule has 0 aliphatic carbocycles. The van der Waals surface area contributed by atoms with E-state index in [1.165, 1.54) is 19.1 Å².